The highest BCUT2D eigenvalue weighted by Crippen LogP contribution is 2.44. The minimum atomic E-state index is -4.59. The van der Waals surface area contributed by atoms with Gasteiger partial charge in [0.1, 0.15) is 18.4 Å². The van der Waals surface area contributed by atoms with E-state index in [-0.39, 0.29) is 12.6 Å². The number of hydrogen-bond donors (Lipinski definition) is 1. The molecule has 1 aliphatic heterocycles. The quantitative estimate of drug-likeness (QED) is 0.350. The average Bonchev–Trinajstić information content (AvgIpc) is 3.59. The lowest BCUT2D eigenvalue weighted by atomic mass is 10.0. The van der Waals surface area contributed by atoms with Crippen molar-refractivity contribution in [3.05, 3.63) is 79.0 Å². The van der Waals surface area contributed by atoms with Gasteiger partial charge >= 0.3 is 11.9 Å². The van der Waals surface area contributed by atoms with Crippen LogP contribution >= 0.6 is 22.9 Å². The van der Waals surface area contributed by atoms with Gasteiger partial charge in [-0.05, 0) is 49.6 Å². The van der Waals surface area contributed by atoms with Crippen LogP contribution in [-0.4, -0.2) is 39.0 Å². The summed E-state index contributed by atoms with van der Waals surface area (Å²) in [6.45, 7) is 1.25. The van der Waals surface area contributed by atoms with Crippen molar-refractivity contribution >= 4 is 33.2 Å². The SMILES string of the molecule is Cc1cc(Cl)cc(-c2ccnc3cc(Cn4c(=O)ccn(CC(F)(F)F)c4=O)sc23)c1OC1CC2CC1CN2. The Hall–Kier alpha value is -3.15. The number of rotatable bonds is 6. The van der Waals surface area contributed by atoms with Crippen molar-refractivity contribution in [1.82, 2.24) is 19.4 Å². The zero-order valence-corrected chi connectivity index (χ0v) is 22.4. The second kappa shape index (κ2) is 9.79. The van der Waals surface area contributed by atoms with E-state index < -0.39 is 24.0 Å². The number of nitrogens with zero attached hydrogens (tertiary/aromatic N) is 3. The fourth-order valence-corrected chi connectivity index (χ4v) is 7.02. The molecule has 204 valence electrons. The molecule has 6 rings (SSSR count). The van der Waals surface area contributed by atoms with Crippen LogP contribution in [0.2, 0.25) is 5.02 Å². The van der Waals surface area contributed by atoms with Gasteiger partial charge in [-0.25, -0.2) is 4.79 Å². The number of thiophene rings is 1. The number of benzene rings is 1. The van der Waals surface area contributed by atoms with Gasteiger partial charge in [-0.15, -0.1) is 11.3 Å². The van der Waals surface area contributed by atoms with Crippen LogP contribution in [0, 0.1) is 12.8 Å². The zero-order valence-electron chi connectivity index (χ0n) is 20.8. The molecule has 4 aromatic rings. The van der Waals surface area contributed by atoms with Gasteiger partial charge in [0, 0.05) is 58.0 Å². The second-order valence-corrected chi connectivity index (χ2v) is 11.7. The smallest absolute Gasteiger partial charge is 0.406 e. The van der Waals surface area contributed by atoms with Gasteiger partial charge in [-0.3, -0.25) is 18.9 Å². The summed E-state index contributed by atoms with van der Waals surface area (Å²) in [5.74, 6) is 1.21. The van der Waals surface area contributed by atoms with Crippen LogP contribution in [0.15, 0.2) is 52.3 Å². The van der Waals surface area contributed by atoms with E-state index in [1.165, 1.54) is 11.3 Å². The van der Waals surface area contributed by atoms with Crippen molar-refractivity contribution in [2.45, 2.75) is 51.2 Å². The standard InChI is InChI=1S/C27H24ClF3N4O3S/c1-14-6-16(28)8-20(24(14)38-22-9-17-7-15(22)11-33-17)19-2-4-32-21-10-18(39-25(19)21)12-35-23(36)3-5-34(26(35)37)13-27(29,30)31/h2-6,8,10,15,17,22,33H,7,9,11-13H2,1H3. The molecule has 3 unspecified atom stereocenters. The fraction of sp³-hybridized carbons (Fsp3) is 0.370. The number of aryl methyl sites for hydroxylation is 1. The van der Waals surface area contributed by atoms with E-state index in [4.69, 9.17) is 16.3 Å². The Morgan fingerprint density at radius 2 is 2.00 bits per heavy atom. The van der Waals surface area contributed by atoms with E-state index in [0.29, 0.717) is 31.9 Å². The molecular formula is C27H24ClF3N4O3S. The minimum Gasteiger partial charge on any atom is -0.489 e. The van der Waals surface area contributed by atoms with E-state index >= 15 is 0 Å². The lowest BCUT2D eigenvalue weighted by Gasteiger charge is -2.26. The number of pyridine rings is 1. The third kappa shape index (κ3) is 5.10. The number of nitrogens with one attached hydrogen (secondary N) is 1. The monoisotopic (exact) mass is 576 g/mol. The normalized spacial score (nSPS) is 20.7. The Morgan fingerprint density at radius 1 is 1.18 bits per heavy atom. The maximum Gasteiger partial charge on any atom is 0.406 e. The van der Waals surface area contributed by atoms with Gasteiger partial charge < -0.3 is 10.1 Å². The first-order chi connectivity index (χ1) is 18.6. The van der Waals surface area contributed by atoms with E-state index in [2.05, 4.69) is 10.3 Å². The molecule has 0 amide bonds. The highest BCUT2D eigenvalue weighted by Gasteiger charge is 2.41. The Morgan fingerprint density at radius 3 is 2.72 bits per heavy atom. The molecular weight excluding hydrogens is 553 g/mol. The van der Waals surface area contributed by atoms with Gasteiger partial charge in [0.05, 0.1) is 16.8 Å². The van der Waals surface area contributed by atoms with E-state index in [1.54, 1.807) is 12.3 Å². The van der Waals surface area contributed by atoms with Crippen LogP contribution in [0.3, 0.4) is 0 Å². The van der Waals surface area contributed by atoms with Gasteiger partial charge in [-0.1, -0.05) is 11.6 Å². The Kier molecular flexibility index (Phi) is 6.55. The molecule has 7 nitrogen and oxygen atoms in total. The predicted molar refractivity (Wildman–Crippen MR) is 144 cm³/mol. The number of halogens is 4. The first-order valence-corrected chi connectivity index (χ1v) is 13.7. The number of aromatic nitrogens is 3. The number of alkyl halides is 3. The third-order valence-corrected chi connectivity index (χ3v) is 8.72. The highest BCUT2D eigenvalue weighted by atomic mass is 35.5. The molecule has 4 heterocycles. The molecule has 3 aromatic heterocycles. The summed E-state index contributed by atoms with van der Waals surface area (Å²) in [4.78, 5) is 30.2. The van der Waals surface area contributed by atoms with Crippen LogP contribution in [-0.2, 0) is 13.1 Å². The summed E-state index contributed by atoms with van der Waals surface area (Å²) in [5.41, 5.74) is 1.52. The van der Waals surface area contributed by atoms with Crippen LogP contribution < -0.4 is 21.3 Å². The van der Waals surface area contributed by atoms with Gasteiger partial charge in [0.2, 0.25) is 0 Å². The molecule has 1 saturated heterocycles. The summed E-state index contributed by atoms with van der Waals surface area (Å²) in [6.07, 6.45) is 0.0962. The van der Waals surface area contributed by atoms with Crippen molar-refractivity contribution in [3.63, 3.8) is 0 Å². The molecule has 2 aliphatic rings. The predicted octanol–water partition coefficient (Wildman–Crippen LogP) is 4.99. The summed E-state index contributed by atoms with van der Waals surface area (Å²) in [7, 11) is 0. The molecule has 1 N–H and O–H groups in total. The summed E-state index contributed by atoms with van der Waals surface area (Å²) < 4.78 is 47.4. The molecule has 1 saturated carbocycles. The van der Waals surface area contributed by atoms with Crippen molar-refractivity contribution < 1.29 is 17.9 Å². The molecule has 12 heteroatoms. The molecule has 39 heavy (non-hydrogen) atoms. The van der Waals surface area contributed by atoms with Gasteiger partial charge in [-0.2, -0.15) is 13.2 Å². The number of hydrogen-bond acceptors (Lipinski definition) is 6. The zero-order chi connectivity index (χ0) is 27.5. The average molecular weight is 577 g/mol. The Bertz CT molecular complexity index is 1700. The molecule has 3 atom stereocenters. The fourth-order valence-electron chi connectivity index (χ4n) is 5.62. The Labute approximate surface area is 229 Å². The van der Waals surface area contributed by atoms with Crippen LogP contribution in [0.4, 0.5) is 13.2 Å². The van der Waals surface area contributed by atoms with Crippen molar-refractivity contribution in [2.24, 2.45) is 5.92 Å². The molecule has 1 aliphatic carbocycles. The molecule has 0 spiro atoms. The van der Waals surface area contributed by atoms with Crippen LogP contribution in [0.1, 0.15) is 23.3 Å². The molecule has 1 aromatic carbocycles. The molecule has 2 fully saturated rings. The lowest BCUT2D eigenvalue weighted by Crippen LogP contribution is -2.41. The number of fused-ring (bicyclic) bond motifs is 3. The summed E-state index contributed by atoms with van der Waals surface area (Å²) in [5, 5.41) is 4.06. The minimum absolute atomic E-state index is 0.106. The second-order valence-electron chi connectivity index (χ2n) is 10.1. The maximum atomic E-state index is 12.9. The first kappa shape index (κ1) is 26.1. The Balaban J connectivity index is 1.39. The lowest BCUT2D eigenvalue weighted by molar-refractivity contribution is -0.141. The van der Waals surface area contributed by atoms with Gasteiger partial charge in [0.25, 0.3) is 5.56 Å². The van der Waals surface area contributed by atoms with Crippen molar-refractivity contribution in [1.29, 1.82) is 0 Å². The highest BCUT2D eigenvalue weighted by molar-refractivity contribution is 7.19. The van der Waals surface area contributed by atoms with Crippen LogP contribution in [0.25, 0.3) is 21.3 Å². The molecule has 0 radical (unpaired) electrons. The summed E-state index contributed by atoms with van der Waals surface area (Å²) in [6, 6.07) is 8.79. The topological polar surface area (TPSA) is 78.2 Å². The number of piperidine rings is 1. The van der Waals surface area contributed by atoms with E-state index in [0.717, 1.165) is 63.4 Å². The van der Waals surface area contributed by atoms with Crippen LogP contribution in [0.5, 0.6) is 5.75 Å². The maximum absolute atomic E-state index is 12.9. The van der Waals surface area contributed by atoms with Crippen molar-refractivity contribution in [2.75, 3.05) is 6.54 Å². The summed E-state index contributed by atoms with van der Waals surface area (Å²) >= 11 is 7.80. The molecule has 2 bridgehead atoms. The van der Waals surface area contributed by atoms with E-state index in [1.807, 2.05) is 25.1 Å². The van der Waals surface area contributed by atoms with Gasteiger partial charge in [0.15, 0.2) is 0 Å². The largest absolute Gasteiger partial charge is 0.489 e. The van der Waals surface area contributed by atoms with E-state index in [9.17, 15) is 22.8 Å². The number of ether oxygens (including phenoxy) is 1. The third-order valence-electron chi connectivity index (χ3n) is 7.36. The van der Waals surface area contributed by atoms with Crippen molar-refractivity contribution in [3.8, 4) is 16.9 Å². The first-order valence-electron chi connectivity index (χ1n) is 12.5.